The summed E-state index contributed by atoms with van der Waals surface area (Å²) in [5.41, 5.74) is 1.13. The average molecular weight is 274 g/mol. The van der Waals surface area contributed by atoms with Gasteiger partial charge in [0.05, 0.1) is 16.8 Å². The van der Waals surface area contributed by atoms with Gasteiger partial charge in [-0.3, -0.25) is 0 Å². The molecule has 0 saturated heterocycles. The quantitative estimate of drug-likeness (QED) is 0.660. The number of halogens is 3. The van der Waals surface area contributed by atoms with Crippen molar-refractivity contribution in [3.63, 3.8) is 0 Å². The largest absolute Gasteiger partial charge is 0.416 e. The molecule has 3 rings (SSSR count). The molecular formula is C15H9F3N2. The van der Waals surface area contributed by atoms with Crippen LogP contribution in [-0.2, 0) is 6.18 Å². The molecule has 2 aromatic carbocycles. The van der Waals surface area contributed by atoms with Gasteiger partial charge in [-0.15, -0.1) is 10.2 Å². The Labute approximate surface area is 112 Å². The van der Waals surface area contributed by atoms with Crippen LogP contribution in [0.1, 0.15) is 5.56 Å². The monoisotopic (exact) mass is 274 g/mol. The van der Waals surface area contributed by atoms with Gasteiger partial charge in [-0.25, -0.2) is 0 Å². The van der Waals surface area contributed by atoms with Crippen molar-refractivity contribution < 1.29 is 13.2 Å². The minimum Gasteiger partial charge on any atom is -0.166 e. The zero-order valence-corrected chi connectivity index (χ0v) is 10.2. The van der Waals surface area contributed by atoms with Gasteiger partial charge in [0.15, 0.2) is 0 Å². The van der Waals surface area contributed by atoms with Crippen molar-refractivity contribution in [3.8, 4) is 11.3 Å². The fourth-order valence-electron chi connectivity index (χ4n) is 1.97. The topological polar surface area (TPSA) is 25.8 Å². The highest BCUT2D eigenvalue weighted by atomic mass is 19.4. The molecule has 5 heteroatoms. The predicted octanol–water partition coefficient (Wildman–Crippen LogP) is 4.32. The van der Waals surface area contributed by atoms with Crippen LogP contribution in [0.5, 0.6) is 0 Å². The first-order valence-electron chi connectivity index (χ1n) is 5.94. The zero-order valence-electron chi connectivity index (χ0n) is 10.2. The maximum absolute atomic E-state index is 12.7. The highest BCUT2D eigenvalue weighted by Crippen LogP contribution is 2.31. The van der Waals surface area contributed by atoms with Crippen LogP contribution in [0.2, 0.25) is 0 Å². The highest BCUT2D eigenvalue weighted by molar-refractivity contribution is 5.82. The number of benzene rings is 2. The second-order valence-corrected chi connectivity index (χ2v) is 4.37. The first-order chi connectivity index (χ1) is 9.54. The number of aromatic nitrogens is 2. The molecule has 0 bridgehead atoms. The molecule has 0 fully saturated rings. The summed E-state index contributed by atoms with van der Waals surface area (Å²) >= 11 is 0. The molecular weight excluding hydrogens is 265 g/mol. The highest BCUT2D eigenvalue weighted by Gasteiger charge is 2.30. The van der Waals surface area contributed by atoms with Gasteiger partial charge >= 0.3 is 6.18 Å². The molecule has 0 aliphatic carbocycles. The van der Waals surface area contributed by atoms with Crippen molar-refractivity contribution in [2.24, 2.45) is 0 Å². The summed E-state index contributed by atoms with van der Waals surface area (Å²) in [6.45, 7) is 0. The van der Waals surface area contributed by atoms with Crippen LogP contribution in [0.25, 0.3) is 22.2 Å². The third kappa shape index (κ3) is 2.34. The Kier molecular flexibility index (Phi) is 2.89. The van der Waals surface area contributed by atoms with Crippen LogP contribution >= 0.6 is 0 Å². The third-order valence-electron chi connectivity index (χ3n) is 2.98. The zero-order chi connectivity index (χ0) is 14.2. The van der Waals surface area contributed by atoms with E-state index >= 15 is 0 Å². The number of alkyl halides is 3. The van der Waals surface area contributed by atoms with E-state index in [1.165, 1.54) is 6.07 Å². The van der Waals surface area contributed by atoms with Crippen molar-refractivity contribution in [1.29, 1.82) is 0 Å². The molecule has 1 heterocycles. The first-order valence-corrected chi connectivity index (χ1v) is 5.94. The smallest absolute Gasteiger partial charge is 0.166 e. The van der Waals surface area contributed by atoms with Gasteiger partial charge in [0, 0.05) is 10.9 Å². The van der Waals surface area contributed by atoms with Gasteiger partial charge in [0.25, 0.3) is 0 Å². The molecule has 100 valence electrons. The molecule has 0 spiro atoms. The van der Waals surface area contributed by atoms with Crippen LogP contribution in [0.15, 0.2) is 54.6 Å². The Bertz CT molecular complexity index is 752. The molecule has 1 aromatic heterocycles. The van der Waals surface area contributed by atoms with Gasteiger partial charge in [0.1, 0.15) is 0 Å². The molecule has 0 N–H and O–H groups in total. The Morgan fingerprint density at radius 1 is 0.800 bits per heavy atom. The maximum Gasteiger partial charge on any atom is 0.416 e. The second kappa shape index (κ2) is 4.59. The molecule has 0 aliphatic heterocycles. The summed E-state index contributed by atoms with van der Waals surface area (Å²) in [6.07, 6.45) is -4.36. The van der Waals surface area contributed by atoms with Crippen molar-refractivity contribution in [3.05, 3.63) is 60.2 Å². The number of hydrogen-bond donors (Lipinski definition) is 0. The molecule has 3 aromatic rings. The number of nitrogens with zero attached hydrogens (tertiary/aromatic N) is 2. The summed E-state index contributed by atoms with van der Waals surface area (Å²) in [5, 5.41) is 8.43. The molecule has 0 saturated carbocycles. The van der Waals surface area contributed by atoms with E-state index in [0.29, 0.717) is 16.6 Å². The normalized spacial score (nSPS) is 11.8. The standard InChI is InChI=1S/C15H9F3N2/c16-15(17,18)12-6-7-13-11(8-12)9-14(20-19-13)10-4-2-1-3-5-10/h1-9H. The van der Waals surface area contributed by atoms with Gasteiger partial charge < -0.3 is 0 Å². The van der Waals surface area contributed by atoms with Gasteiger partial charge in [-0.2, -0.15) is 13.2 Å². The second-order valence-electron chi connectivity index (χ2n) is 4.37. The van der Waals surface area contributed by atoms with E-state index in [-0.39, 0.29) is 0 Å². The Morgan fingerprint density at radius 2 is 1.55 bits per heavy atom. The Balaban J connectivity index is 2.14. The summed E-state index contributed by atoms with van der Waals surface area (Å²) in [7, 11) is 0. The van der Waals surface area contributed by atoms with E-state index in [2.05, 4.69) is 10.2 Å². The van der Waals surface area contributed by atoms with Crippen LogP contribution in [0, 0.1) is 0 Å². The number of fused-ring (bicyclic) bond motifs is 1. The fraction of sp³-hybridized carbons (Fsp3) is 0.0667. The summed E-state index contributed by atoms with van der Waals surface area (Å²) in [5.74, 6) is 0. The van der Waals surface area contributed by atoms with Crippen molar-refractivity contribution >= 4 is 10.9 Å². The maximum atomic E-state index is 12.7. The molecule has 0 aliphatic rings. The lowest BCUT2D eigenvalue weighted by Gasteiger charge is -2.08. The molecule has 0 atom stereocenters. The SMILES string of the molecule is FC(F)(F)c1ccc2nnc(-c3ccccc3)cc2c1. The van der Waals surface area contributed by atoms with Crippen molar-refractivity contribution in [2.45, 2.75) is 6.18 Å². The minimum absolute atomic E-state index is 0.425. The predicted molar refractivity (Wildman–Crippen MR) is 70.0 cm³/mol. The lowest BCUT2D eigenvalue weighted by Crippen LogP contribution is -2.04. The lowest BCUT2D eigenvalue weighted by atomic mass is 10.1. The van der Waals surface area contributed by atoms with E-state index in [0.717, 1.165) is 17.7 Å². The summed E-state index contributed by atoms with van der Waals surface area (Å²) < 4.78 is 38.1. The summed E-state index contributed by atoms with van der Waals surface area (Å²) in [4.78, 5) is 0. The van der Waals surface area contributed by atoms with Gasteiger partial charge in [-0.1, -0.05) is 30.3 Å². The third-order valence-corrected chi connectivity index (χ3v) is 2.98. The molecule has 0 radical (unpaired) electrons. The van der Waals surface area contributed by atoms with E-state index in [1.54, 1.807) is 6.07 Å². The Morgan fingerprint density at radius 3 is 2.25 bits per heavy atom. The van der Waals surface area contributed by atoms with Gasteiger partial charge in [-0.05, 0) is 24.3 Å². The fourth-order valence-corrected chi connectivity index (χ4v) is 1.97. The average Bonchev–Trinajstić information content (AvgIpc) is 2.46. The number of rotatable bonds is 1. The van der Waals surface area contributed by atoms with Gasteiger partial charge in [0.2, 0.25) is 0 Å². The molecule has 2 nitrogen and oxygen atoms in total. The lowest BCUT2D eigenvalue weighted by molar-refractivity contribution is -0.137. The van der Waals surface area contributed by atoms with E-state index in [1.807, 2.05) is 30.3 Å². The molecule has 0 unspecified atom stereocenters. The number of hydrogen-bond acceptors (Lipinski definition) is 2. The van der Waals surface area contributed by atoms with E-state index < -0.39 is 11.7 Å². The van der Waals surface area contributed by atoms with E-state index in [4.69, 9.17) is 0 Å². The van der Waals surface area contributed by atoms with E-state index in [9.17, 15) is 13.2 Å². The Hall–Kier alpha value is -2.43. The molecule has 0 amide bonds. The van der Waals surface area contributed by atoms with Crippen LogP contribution < -0.4 is 0 Å². The van der Waals surface area contributed by atoms with Crippen LogP contribution in [0.4, 0.5) is 13.2 Å². The molecule has 20 heavy (non-hydrogen) atoms. The summed E-state index contributed by atoms with van der Waals surface area (Å²) in [6, 6.07) is 14.3. The van der Waals surface area contributed by atoms with Crippen LogP contribution in [0.3, 0.4) is 0 Å². The van der Waals surface area contributed by atoms with Crippen molar-refractivity contribution in [1.82, 2.24) is 10.2 Å². The first kappa shape index (κ1) is 12.6. The van der Waals surface area contributed by atoms with Crippen molar-refractivity contribution in [2.75, 3.05) is 0 Å². The van der Waals surface area contributed by atoms with Crippen LogP contribution in [-0.4, -0.2) is 10.2 Å². The minimum atomic E-state index is -4.36.